The van der Waals surface area contributed by atoms with Crippen molar-refractivity contribution in [1.29, 1.82) is 5.26 Å². The Hall–Kier alpha value is -3.60. The Morgan fingerprint density at radius 1 is 1.23 bits per heavy atom. The molecule has 0 aliphatic rings. The van der Waals surface area contributed by atoms with Crippen LogP contribution < -0.4 is 5.32 Å². The molecule has 0 saturated heterocycles. The second-order valence-corrected chi connectivity index (χ2v) is 7.03. The number of benzene rings is 2. The van der Waals surface area contributed by atoms with E-state index in [0.29, 0.717) is 10.7 Å². The van der Waals surface area contributed by atoms with E-state index in [1.54, 1.807) is 31.3 Å². The summed E-state index contributed by atoms with van der Waals surface area (Å²) in [4.78, 5) is 25.0. The first-order valence-electron chi connectivity index (χ1n) is 9.13. The summed E-state index contributed by atoms with van der Waals surface area (Å²) in [5, 5.41) is 17.0. The maximum atomic E-state index is 12.6. The Kier molecular flexibility index (Phi) is 7.08. The van der Waals surface area contributed by atoms with Crippen LogP contribution in [0.3, 0.4) is 0 Å². The predicted molar refractivity (Wildman–Crippen MR) is 118 cm³/mol. The number of esters is 1. The van der Waals surface area contributed by atoms with Crippen LogP contribution in [0.2, 0.25) is 10.0 Å². The zero-order valence-corrected chi connectivity index (χ0v) is 17.8. The Morgan fingerprint density at radius 2 is 1.97 bits per heavy atom. The van der Waals surface area contributed by atoms with Crippen molar-refractivity contribution in [1.82, 2.24) is 9.78 Å². The molecule has 3 aromatic rings. The van der Waals surface area contributed by atoms with E-state index < -0.39 is 11.9 Å². The molecule has 2 aromatic carbocycles. The maximum absolute atomic E-state index is 12.6. The third kappa shape index (κ3) is 5.31. The van der Waals surface area contributed by atoms with Gasteiger partial charge in [-0.15, -0.1) is 0 Å². The summed E-state index contributed by atoms with van der Waals surface area (Å²) in [6.45, 7) is 1.82. The lowest BCUT2D eigenvalue weighted by Crippen LogP contribution is -2.14. The molecule has 0 saturated carbocycles. The molecular formula is C22H16Cl2N4O3. The molecule has 0 fully saturated rings. The molecule has 1 N–H and O–H groups in total. The first kappa shape index (κ1) is 22.1. The molecule has 0 unspecified atom stereocenters. The number of carbonyl (C=O) groups is 2. The fourth-order valence-corrected chi connectivity index (χ4v) is 2.99. The zero-order valence-electron chi connectivity index (χ0n) is 16.3. The molecule has 0 spiro atoms. The number of hydrogen-bond acceptors (Lipinski definition) is 5. The number of nitrogens with one attached hydrogen (secondary N) is 1. The number of rotatable bonds is 6. The monoisotopic (exact) mass is 454 g/mol. The van der Waals surface area contributed by atoms with Crippen LogP contribution in [0.5, 0.6) is 0 Å². The minimum absolute atomic E-state index is 0.0213. The molecule has 1 amide bonds. The van der Waals surface area contributed by atoms with Gasteiger partial charge in [0.25, 0.3) is 5.91 Å². The van der Waals surface area contributed by atoms with E-state index >= 15 is 0 Å². The normalized spacial score (nSPS) is 11.0. The number of halogens is 2. The van der Waals surface area contributed by atoms with Gasteiger partial charge in [-0.05, 0) is 43.3 Å². The summed E-state index contributed by atoms with van der Waals surface area (Å²) < 4.78 is 6.53. The molecule has 156 valence electrons. The lowest BCUT2D eigenvalue weighted by atomic mass is 10.1. The van der Waals surface area contributed by atoms with Gasteiger partial charge in [-0.2, -0.15) is 10.4 Å². The van der Waals surface area contributed by atoms with E-state index in [1.165, 1.54) is 22.9 Å². The highest BCUT2D eigenvalue weighted by atomic mass is 35.5. The summed E-state index contributed by atoms with van der Waals surface area (Å²) >= 11 is 12.0. The molecule has 7 nitrogen and oxygen atoms in total. The van der Waals surface area contributed by atoms with Crippen LogP contribution in [0.25, 0.3) is 11.8 Å². The van der Waals surface area contributed by atoms with Crippen molar-refractivity contribution >= 4 is 46.8 Å². The van der Waals surface area contributed by atoms with Gasteiger partial charge in [-0.25, -0.2) is 9.48 Å². The molecule has 0 bridgehead atoms. The molecule has 9 heteroatoms. The van der Waals surface area contributed by atoms with E-state index in [0.717, 1.165) is 0 Å². The number of anilines is 1. The number of nitrogens with zero attached hydrogens (tertiary/aromatic N) is 3. The topological polar surface area (TPSA) is 97.0 Å². The van der Waals surface area contributed by atoms with Gasteiger partial charge in [0.1, 0.15) is 11.6 Å². The van der Waals surface area contributed by atoms with Gasteiger partial charge >= 0.3 is 5.97 Å². The fourth-order valence-electron chi connectivity index (χ4n) is 2.65. The first-order valence-corrected chi connectivity index (χ1v) is 9.89. The van der Waals surface area contributed by atoms with E-state index in [2.05, 4.69) is 10.4 Å². The molecule has 3 rings (SSSR count). The van der Waals surface area contributed by atoms with Crippen molar-refractivity contribution in [2.24, 2.45) is 0 Å². The molecular weight excluding hydrogens is 439 g/mol. The van der Waals surface area contributed by atoms with Gasteiger partial charge in [0.2, 0.25) is 0 Å². The van der Waals surface area contributed by atoms with Crippen molar-refractivity contribution in [3.63, 3.8) is 0 Å². The molecule has 1 aromatic heterocycles. The van der Waals surface area contributed by atoms with E-state index in [4.69, 9.17) is 27.9 Å². The van der Waals surface area contributed by atoms with Gasteiger partial charge in [0.05, 0.1) is 23.0 Å². The largest absolute Gasteiger partial charge is 0.461 e. The second kappa shape index (κ2) is 9.94. The summed E-state index contributed by atoms with van der Waals surface area (Å²) in [5.74, 6) is -1.38. The van der Waals surface area contributed by atoms with Gasteiger partial charge in [-0.3, -0.25) is 4.79 Å². The molecule has 0 aliphatic carbocycles. The lowest BCUT2D eigenvalue weighted by molar-refractivity contribution is -0.112. The third-order valence-electron chi connectivity index (χ3n) is 4.07. The van der Waals surface area contributed by atoms with E-state index in [-0.39, 0.29) is 34.1 Å². The standard InChI is InChI=1S/C22H16Cl2N4O3/c1-2-31-22(30)20-15(13-28(27-20)17-6-4-3-5-7-17)10-14(12-25)21(29)26-19-11-16(23)8-9-18(19)24/h3-11,13H,2H2,1H3,(H,26,29). The minimum atomic E-state index is -0.714. The van der Waals surface area contributed by atoms with Crippen molar-refractivity contribution in [2.75, 3.05) is 11.9 Å². The van der Waals surface area contributed by atoms with Crippen molar-refractivity contribution in [3.8, 4) is 11.8 Å². The summed E-state index contributed by atoms with van der Waals surface area (Å²) in [6, 6.07) is 15.5. The summed E-state index contributed by atoms with van der Waals surface area (Å²) in [5.41, 5.74) is 0.930. The van der Waals surface area contributed by atoms with Crippen LogP contribution in [-0.2, 0) is 9.53 Å². The minimum Gasteiger partial charge on any atom is -0.461 e. The Morgan fingerprint density at radius 3 is 2.65 bits per heavy atom. The Labute approximate surface area is 188 Å². The number of ether oxygens (including phenoxy) is 1. The molecule has 0 aliphatic heterocycles. The van der Waals surface area contributed by atoms with Crippen LogP contribution in [0.4, 0.5) is 5.69 Å². The smallest absolute Gasteiger partial charge is 0.359 e. The number of amides is 1. The van der Waals surface area contributed by atoms with E-state index in [1.807, 2.05) is 24.3 Å². The van der Waals surface area contributed by atoms with Crippen LogP contribution >= 0.6 is 23.2 Å². The van der Waals surface area contributed by atoms with Crippen molar-refractivity contribution < 1.29 is 14.3 Å². The molecule has 0 atom stereocenters. The van der Waals surface area contributed by atoms with Gasteiger partial charge in [0.15, 0.2) is 5.69 Å². The quantitative estimate of drug-likeness (QED) is 0.324. The first-order chi connectivity index (χ1) is 14.9. The van der Waals surface area contributed by atoms with Gasteiger partial charge < -0.3 is 10.1 Å². The third-order valence-corrected chi connectivity index (χ3v) is 4.64. The van der Waals surface area contributed by atoms with Crippen LogP contribution in [0.15, 0.2) is 60.3 Å². The average Bonchev–Trinajstić information content (AvgIpc) is 3.19. The van der Waals surface area contributed by atoms with Gasteiger partial charge in [-0.1, -0.05) is 41.4 Å². The highest BCUT2D eigenvalue weighted by Crippen LogP contribution is 2.26. The number of carbonyl (C=O) groups excluding carboxylic acids is 2. The number of aromatic nitrogens is 2. The van der Waals surface area contributed by atoms with Crippen molar-refractivity contribution in [3.05, 3.63) is 81.6 Å². The van der Waals surface area contributed by atoms with E-state index in [9.17, 15) is 14.9 Å². The van der Waals surface area contributed by atoms with Crippen LogP contribution in [0.1, 0.15) is 23.0 Å². The molecule has 0 radical (unpaired) electrons. The summed E-state index contributed by atoms with van der Waals surface area (Å²) in [6.07, 6.45) is 2.81. The van der Waals surface area contributed by atoms with Crippen LogP contribution in [0, 0.1) is 11.3 Å². The highest BCUT2D eigenvalue weighted by molar-refractivity contribution is 6.36. The molecule has 1 heterocycles. The van der Waals surface area contributed by atoms with Gasteiger partial charge in [0, 0.05) is 16.8 Å². The number of para-hydroxylation sites is 1. The zero-order chi connectivity index (χ0) is 22.4. The lowest BCUT2D eigenvalue weighted by Gasteiger charge is -2.07. The molecule has 31 heavy (non-hydrogen) atoms. The SMILES string of the molecule is CCOC(=O)c1nn(-c2ccccc2)cc1C=C(C#N)C(=O)Nc1cc(Cl)ccc1Cl. The Bertz CT molecular complexity index is 1200. The highest BCUT2D eigenvalue weighted by Gasteiger charge is 2.20. The number of hydrogen-bond donors (Lipinski definition) is 1. The maximum Gasteiger partial charge on any atom is 0.359 e. The fraction of sp³-hybridized carbons (Fsp3) is 0.0909. The van der Waals surface area contributed by atoms with Crippen molar-refractivity contribution in [2.45, 2.75) is 6.92 Å². The Balaban J connectivity index is 1.99. The number of nitriles is 1. The summed E-state index contributed by atoms with van der Waals surface area (Å²) in [7, 11) is 0. The average molecular weight is 455 g/mol. The van der Waals surface area contributed by atoms with Crippen LogP contribution in [-0.4, -0.2) is 28.3 Å². The second-order valence-electron chi connectivity index (χ2n) is 6.18. The predicted octanol–water partition coefficient (Wildman–Crippen LogP) is 4.90.